The van der Waals surface area contributed by atoms with E-state index in [4.69, 9.17) is 10.5 Å². The van der Waals surface area contributed by atoms with Gasteiger partial charge in [0.1, 0.15) is 5.01 Å². The van der Waals surface area contributed by atoms with Crippen LogP contribution in [0.3, 0.4) is 0 Å². The SMILES string of the molecule is Cc1nnc2sc(C3COCC3N)nn12. The number of hydrogen-bond donors (Lipinski definition) is 1. The maximum absolute atomic E-state index is 5.94. The lowest BCUT2D eigenvalue weighted by Gasteiger charge is -2.07. The molecule has 3 heterocycles. The highest BCUT2D eigenvalue weighted by Crippen LogP contribution is 2.28. The molecule has 7 heteroatoms. The number of fused-ring (bicyclic) bond motifs is 1. The molecular weight excluding hydrogens is 214 g/mol. The van der Waals surface area contributed by atoms with Crippen LogP contribution in [0.15, 0.2) is 0 Å². The molecule has 0 bridgehead atoms. The van der Waals surface area contributed by atoms with Crippen molar-refractivity contribution < 1.29 is 4.74 Å². The zero-order valence-corrected chi connectivity index (χ0v) is 9.07. The third-order valence-electron chi connectivity index (χ3n) is 2.60. The van der Waals surface area contributed by atoms with E-state index >= 15 is 0 Å². The van der Waals surface area contributed by atoms with Gasteiger partial charge in [0.2, 0.25) is 4.96 Å². The molecule has 0 radical (unpaired) electrons. The second-order valence-electron chi connectivity index (χ2n) is 3.69. The molecule has 2 N–H and O–H groups in total. The van der Waals surface area contributed by atoms with Crippen molar-refractivity contribution in [3.63, 3.8) is 0 Å². The van der Waals surface area contributed by atoms with Crippen molar-refractivity contribution in [1.82, 2.24) is 19.8 Å². The molecular formula is C8H11N5OS. The van der Waals surface area contributed by atoms with Gasteiger partial charge in [-0.25, -0.2) is 0 Å². The van der Waals surface area contributed by atoms with Crippen molar-refractivity contribution in [3.8, 4) is 0 Å². The summed E-state index contributed by atoms with van der Waals surface area (Å²) in [7, 11) is 0. The van der Waals surface area contributed by atoms with E-state index < -0.39 is 0 Å². The molecule has 1 saturated heterocycles. The fraction of sp³-hybridized carbons (Fsp3) is 0.625. The van der Waals surface area contributed by atoms with Gasteiger partial charge in [0, 0.05) is 6.04 Å². The molecule has 3 rings (SSSR count). The highest BCUT2D eigenvalue weighted by Gasteiger charge is 2.30. The molecule has 0 spiro atoms. The summed E-state index contributed by atoms with van der Waals surface area (Å²) in [4.78, 5) is 0.821. The first-order valence-electron chi connectivity index (χ1n) is 4.78. The van der Waals surface area contributed by atoms with Crippen LogP contribution in [0.4, 0.5) is 0 Å². The van der Waals surface area contributed by atoms with Crippen LogP contribution >= 0.6 is 11.3 Å². The van der Waals surface area contributed by atoms with Crippen molar-refractivity contribution in [2.24, 2.45) is 5.73 Å². The Morgan fingerprint density at radius 3 is 3.00 bits per heavy atom. The summed E-state index contributed by atoms with van der Waals surface area (Å²) in [6.45, 7) is 3.16. The van der Waals surface area contributed by atoms with Crippen molar-refractivity contribution in [1.29, 1.82) is 0 Å². The number of nitrogens with zero attached hydrogens (tertiary/aromatic N) is 4. The van der Waals surface area contributed by atoms with Crippen molar-refractivity contribution in [2.45, 2.75) is 18.9 Å². The molecule has 2 atom stereocenters. The van der Waals surface area contributed by atoms with Crippen LogP contribution in [0.2, 0.25) is 0 Å². The van der Waals surface area contributed by atoms with Gasteiger partial charge in [0.25, 0.3) is 0 Å². The van der Waals surface area contributed by atoms with Gasteiger partial charge in [0.15, 0.2) is 5.82 Å². The smallest absolute Gasteiger partial charge is 0.234 e. The van der Waals surface area contributed by atoms with Gasteiger partial charge in [-0.2, -0.15) is 9.61 Å². The molecule has 1 aliphatic heterocycles. The summed E-state index contributed by atoms with van der Waals surface area (Å²) in [5.41, 5.74) is 5.94. The molecule has 2 aromatic heterocycles. The first-order valence-corrected chi connectivity index (χ1v) is 5.59. The van der Waals surface area contributed by atoms with E-state index in [9.17, 15) is 0 Å². The standard InChI is InChI=1S/C8H11N5OS/c1-4-10-11-8-13(4)12-7(15-8)5-2-14-3-6(5)9/h5-6H,2-3,9H2,1H3. The molecule has 2 unspecified atom stereocenters. The predicted octanol–water partition coefficient (Wildman–Crippen LogP) is -0.0647. The van der Waals surface area contributed by atoms with Crippen LogP contribution < -0.4 is 5.73 Å². The molecule has 0 aromatic carbocycles. The number of hydrogen-bond acceptors (Lipinski definition) is 6. The summed E-state index contributed by atoms with van der Waals surface area (Å²) in [6, 6.07) is 0.0501. The highest BCUT2D eigenvalue weighted by molar-refractivity contribution is 7.16. The third kappa shape index (κ3) is 1.35. The molecule has 0 aliphatic carbocycles. The Hall–Kier alpha value is -1.05. The van der Waals surface area contributed by atoms with Gasteiger partial charge in [-0.1, -0.05) is 11.3 Å². The van der Waals surface area contributed by atoms with Crippen molar-refractivity contribution >= 4 is 16.3 Å². The van der Waals surface area contributed by atoms with Gasteiger partial charge >= 0.3 is 0 Å². The first kappa shape index (κ1) is 9.20. The normalized spacial score (nSPS) is 26.5. The molecule has 1 aliphatic rings. The van der Waals surface area contributed by atoms with E-state index in [1.54, 1.807) is 4.52 Å². The molecule has 6 nitrogen and oxygen atoms in total. The average molecular weight is 225 g/mol. The molecule has 0 amide bonds. The Kier molecular flexibility index (Phi) is 1.98. The van der Waals surface area contributed by atoms with E-state index in [-0.39, 0.29) is 12.0 Å². The quantitative estimate of drug-likeness (QED) is 0.735. The van der Waals surface area contributed by atoms with Crippen molar-refractivity contribution in [2.75, 3.05) is 13.2 Å². The van der Waals surface area contributed by atoms with Gasteiger partial charge in [0.05, 0.1) is 19.1 Å². The van der Waals surface area contributed by atoms with E-state index in [1.807, 2.05) is 6.92 Å². The van der Waals surface area contributed by atoms with E-state index in [1.165, 1.54) is 11.3 Å². The third-order valence-corrected chi connectivity index (χ3v) is 3.63. The van der Waals surface area contributed by atoms with Gasteiger partial charge in [-0.3, -0.25) is 0 Å². The summed E-state index contributed by atoms with van der Waals surface area (Å²) in [5.74, 6) is 1.01. The van der Waals surface area contributed by atoms with Crippen LogP contribution in [0, 0.1) is 6.92 Å². The zero-order valence-electron chi connectivity index (χ0n) is 8.25. The first-order chi connectivity index (χ1) is 7.25. The average Bonchev–Trinajstić information content (AvgIpc) is 2.84. The summed E-state index contributed by atoms with van der Waals surface area (Å²) < 4.78 is 7.08. The summed E-state index contributed by atoms with van der Waals surface area (Å²) >= 11 is 1.54. The summed E-state index contributed by atoms with van der Waals surface area (Å²) in [6.07, 6.45) is 0. The van der Waals surface area contributed by atoms with Crippen LogP contribution in [-0.4, -0.2) is 39.1 Å². The lowest BCUT2D eigenvalue weighted by atomic mass is 10.1. The number of rotatable bonds is 1. The van der Waals surface area contributed by atoms with E-state index in [0.29, 0.717) is 13.2 Å². The zero-order chi connectivity index (χ0) is 10.4. The molecule has 0 saturated carbocycles. The fourth-order valence-electron chi connectivity index (χ4n) is 1.70. The van der Waals surface area contributed by atoms with E-state index in [2.05, 4.69) is 15.3 Å². The Labute approximate surface area is 90.1 Å². The van der Waals surface area contributed by atoms with E-state index in [0.717, 1.165) is 15.8 Å². The lowest BCUT2D eigenvalue weighted by Crippen LogP contribution is -2.26. The number of ether oxygens (including phenoxy) is 1. The minimum Gasteiger partial charge on any atom is -0.379 e. The second kappa shape index (κ2) is 3.22. The maximum Gasteiger partial charge on any atom is 0.234 e. The van der Waals surface area contributed by atoms with Crippen molar-refractivity contribution in [3.05, 3.63) is 10.8 Å². The second-order valence-corrected chi connectivity index (χ2v) is 4.68. The minimum atomic E-state index is 0.0501. The number of aryl methyl sites for hydroxylation is 1. The molecule has 1 fully saturated rings. The van der Waals surface area contributed by atoms with Gasteiger partial charge in [-0.15, -0.1) is 10.2 Å². The van der Waals surface area contributed by atoms with Gasteiger partial charge < -0.3 is 10.5 Å². The number of nitrogens with two attached hydrogens (primary N) is 1. The lowest BCUT2D eigenvalue weighted by molar-refractivity contribution is 0.191. The highest BCUT2D eigenvalue weighted by atomic mass is 32.1. The predicted molar refractivity (Wildman–Crippen MR) is 54.9 cm³/mol. The van der Waals surface area contributed by atoms with Crippen LogP contribution in [0.1, 0.15) is 16.7 Å². The minimum absolute atomic E-state index is 0.0501. The monoisotopic (exact) mass is 225 g/mol. The fourth-order valence-corrected chi connectivity index (χ4v) is 2.75. The number of aromatic nitrogens is 4. The van der Waals surface area contributed by atoms with Gasteiger partial charge in [-0.05, 0) is 6.92 Å². The molecule has 15 heavy (non-hydrogen) atoms. The largest absolute Gasteiger partial charge is 0.379 e. The Bertz CT molecular complexity index is 492. The van der Waals surface area contributed by atoms with Crippen LogP contribution in [0.25, 0.3) is 4.96 Å². The summed E-state index contributed by atoms with van der Waals surface area (Å²) in [5, 5.41) is 13.4. The van der Waals surface area contributed by atoms with Crippen LogP contribution in [0.5, 0.6) is 0 Å². The Balaban J connectivity index is 2.04. The topological polar surface area (TPSA) is 78.3 Å². The molecule has 80 valence electrons. The Morgan fingerprint density at radius 1 is 1.47 bits per heavy atom. The maximum atomic E-state index is 5.94. The van der Waals surface area contributed by atoms with Crippen LogP contribution in [-0.2, 0) is 4.74 Å². The molecule has 2 aromatic rings. The Morgan fingerprint density at radius 2 is 2.33 bits per heavy atom.